The summed E-state index contributed by atoms with van der Waals surface area (Å²) < 4.78 is 6.62. The summed E-state index contributed by atoms with van der Waals surface area (Å²) in [6, 6.07) is 78.4. The molecule has 0 aromatic heterocycles. The number of fused-ring (bicyclic) bond motifs is 19. The molecule has 2 nitrogen and oxygen atoms in total. The van der Waals surface area contributed by atoms with E-state index in [9.17, 15) is 0 Å². The maximum atomic E-state index is 6.62. The van der Waals surface area contributed by atoms with Gasteiger partial charge in [-0.2, -0.15) is 0 Å². The van der Waals surface area contributed by atoms with Crippen molar-refractivity contribution in [1.82, 2.24) is 0 Å². The molecule has 2 heteroatoms. The van der Waals surface area contributed by atoms with Crippen LogP contribution in [0.1, 0.15) is 44.5 Å². The van der Waals surface area contributed by atoms with Crippen LogP contribution in [0.25, 0.3) is 33.4 Å². The smallest absolute Gasteiger partial charge is 0.132 e. The topological polar surface area (TPSA) is 12.5 Å². The van der Waals surface area contributed by atoms with E-state index in [0.717, 1.165) is 28.6 Å². The normalized spacial score (nSPS) is 14.6. The lowest BCUT2D eigenvalue weighted by molar-refractivity contribution is 0.436. The molecule has 9 aromatic carbocycles. The Morgan fingerprint density at radius 2 is 0.724 bits per heavy atom. The van der Waals surface area contributed by atoms with Gasteiger partial charge in [0.1, 0.15) is 11.5 Å². The Kier molecular flexibility index (Phi) is 6.33. The van der Waals surface area contributed by atoms with E-state index in [-0.39, 0.29) is 0 Å². The average molecular weight is 738 g/mol. The van der Waals surface area contributed by atoms with Gasteiger partial charge in [-0.15, -0.1) is 0 Å². The fraction of sp³-hybridized carbons (Fsp3) is 0.0357. The lowest BCUT2D eigenvalue weighted by Crippen LogP contribution is -2.32. The minimum absolute atomic E-state index is 0.426. The molecule has 0 saturated carbocycles. The number of nitrogens with zero attached hydrogens (tertiary/aromatic N) is 1. The zero-order valence-electron chi connectivity index (χ0n) is 31.6. The fourth-order valence-electron chi connectivity index (χ4n) is 11.3. The van der Waals surface area contributed by atoms with Crippen molar-refractivity contribution in [3.05, 3.63) is 257 Å². The van der Waals surface area contributed by atoms with Gasteiger partial charge in [0.05, 0.1) is 16.5 Å². The standard InChI is InChI=1S/C56H35NO/c1-2-17-36(18-3-1)57(51-30-16-29-50-54(51)41-22-7-11-26-46(41)55(50)43-23-8-4-19-38(43)39-20-5-9-24-44(39)55)37-33-34-47-42(35-37)40-21-6-10-25-45(40)56(47)48-27-12-14-31-52(48)58-53-32-15-13-28-49(53)56/h1-35H. The highest BCUT2D eigenvalue weighted by atomic mass is 16.5. The summed E-state index contributed by atoms with van der Waals surface area (Å²) in [5.41, 5.74) is 20.4. The number of para-hydroxylation sites is 3. The average Bonchev–Trinajstić information content (AvgIpc) is 3.88. The van der Waals surface area contributed by atoms with Crippen LogP contribution in [-0.4, -0.2) is 0 Å². The first-order valence-corrected chi connectivity index (χ1v) is 20.2. The number of rotatable bonds is 3. The summed E-state index contributed by atoms with van der Waals surface area (Å²) in [6.07, 6.45) is 0. The predicted molar refractivity (Wildman–Crippen MR) is 235 cm³/mol. The third-order valence-corrected chi connectivity index (χ3v) is 13.3. The second-order valence-electron chi connectivity index (χ2n) is 15.9. The maximum absolute atomic E-state index is 6.62. The van der Waals surface area contributed by atoms with E-state index < -0.39 is 10.8 Å². The van der Waals surface area contributed by atoms with Gasteiger partial charge in [-0.25, -0.2) is 0 Å². The van der Waals surface area contributed by atoms with Gasteiger partial charge in [-0.3, -0.25) is 0 Å². The van der Waals surface area contributed by atoms with Crippen molar-refractivity contribution >= 4 is 17.1 Å². The molecule has 58 heavy (non-hydrogen) atoms. The molecule has 9 aromatic rings. The molecule has 3 aliphatic carbocycles. The Bertz CT molecular complexity index is 3090. The van der Waals surface area contributed by atoms with Crippen LogP contribution in [0.15, 0.2) is 212 Å². The summed E-state index contributed by atoms with van der Waals surface area (Å²) in [6.45, 7) is 0. The van der Waals surface area contributed by atoms with Crippen molar-refractivity contribution in [2.45, 2.75) is 10.8 Å². The van der Waals surface area contributed by atoms with Crippen LogP contribution in [0.4, 0.5) is 17.1 Å². The molecular weight excluding hydrogens is 703 g/mol. The van der Waals surface area contributed by atoms with Gasteiger partial charge in [-0.1, -0.05) is 170 Å². The second-order valence-corrected chi connectivity index (χ2v) is 15.9. The van der Waals surface area contributed by atoms with Crippen LogP contribution in [0.3, 0.4) is 0 Å². The predicted octanol–water partition coefficient (Wildman–Crippen LogP) is 14.0. The quantitative estimate of drug-likeness (QED) is 0.179. The Morgan fingerprint density at radius 3 is 1.33 bits per heavy atom. The molecule has 0 atom stereocenters. The molecule has 0 amide bonds. The van der Waals surface area contributed by atoms with Crippen molar-refractivity contribution in [2.75, 3.05) is 4.90 Å². The van der Waals surface area contributed by atoms with Crippen LogP contribution in [0.5, 0.6) is 11.5 Å². The number of hydrogen-bond acceptors (Lipinski definition) is 2. The van der Waals surface area contributed by atoms with E-state index in [4.69, 9.17) is 4.74 Å². The van der Waals surface area contributed by atoms with Crippen LogP contribution in [0.2, 0.25) is 0 Å². The van der Waals surface area contributed by atoms with E-state index in [0.29, 0.717) is 0 Å². The summed E-state index contributed by atoms with van der Waals surface area (Å²) in [7, 11) is 0. The first-order valence-electron chi connectivity index (χ1n) is 20.2. The molecule has 0 radical (unpaired) electrons. The van der Waals surface area contributed by atoms with Gasteiger partial charge in [0.15, 0.2) is 0 Å². The minimum Gasteiger partial charge on any atom is -0.457 e. The Labute approximate surface area is 337 Å². The van der Waals surface area contributed by atoms with E-state index in [1.807, 2.05) is 0 Å². The molecule has 1 heterocycles. The summed E-state index contributed by atoms with van der Waals surface area (Å²) in [5, 5.41) is 0. The molecule has 0 N–H and O–H groups in total. The third kappa shape index (κ3) is 3.82. The lowest BCUT2D eigenvalue weighted by atomic mass is 9.66. The zero-order chi connectivity index (χ0) is 38.0. The van der Waals surface area contributed by atoms with Crippen LogP contribution in [-0.2, 0) is 10.8 Å². The highest BCUT2D eigenvalue weighted by Gasteiger charge is 2.53. The fourth-order valence-corrected chi connectivity index (χ4v) is 11.3. The van der Waals surface area contributed by atoms with Crippen LogP contribution < -0.4 is 9.64 Å². The van der Waals surface area contributed by atoms with Crippen molar-refractivity contribution in [3.8, 4) is 44.9 Å². The van der Waals surface area contributed by atoms with E-state index >= 15 is 0 Å². The van der Waals surface area contributed by atoms with Crippen molar-refractivity contribution in [3.63, 3.8) is 0 Å². The van der Waals surface area contributed by atoms with Gasteiger partial charge in [-0.05, 0) is 104 Å². The molecular formula is C56H35NO. The van der Waals surface area contributed by atoms with Crippen molar-refractivity contribution in [2.24, 2.45) is 0 Å². The van der Waals surface area contributed by atoms with E-state index in [1.165, 1.54) is 77.9 Å². The molecule has 4 aliphatic rings. The summed E-state index contributed by atoms with van der Waals surface area (Å²) in [4.78, 5) is 2.49. The largest absolute Gasteiger partial charge is 0.457 e. The van der Waals surface area contributed by atoms with E-state index in [2.05, 4.69) is 217 Å². The highest BCUT2D eigenvalue weighted by molar-refractivity contribution is 6.01. The number of hydrogen-bond donors (Lipinski definition) is 0. The zero-order valence-corrected chi connectivity index (χ0v) is 31.6. The molecule has 270 valence electrons. The van der Waals surface area contributed by atoms with Gasteiger partial charge in [0.2, 0.25) is 0 Å². The molecule has 0 bridgehead atoms. The molecule has 0 unspecified atom stereocenters. The Hall–Kier alpha value is -7.42. The van der Waals surface area contributed by atoms with Gasteiger partial charge in [0.25, 0.3) is 0 Å². The molecule has 0 fully saturated rings. The summed E-state index contributed by atoms with van der Waals surface area (Å²) in [5.74, 6) is 1.81. The Balaban J connectivity index is 1.09. The highest BCUT2D eigenvalue weighted by Crippen LogP contribution is 2.66. The monoisotopic (exact) mass is 737 g/mol. The third-order valence-electron chi connectivity index (χ3n) is 13.3. The molecule has 1 aliphatic heterocycles. The first kappa shape index (κ1) is 31.7. The molecule has 13 rings (SSSR count). The number of benzene rings is 9. The first-order chi connectivity index (χ1) is 28.8. The maximum Gasteiger partial charge on any atom is 0.132 e. The second kappa shape index (κ2) is 11.6. The van der Waals surface area contributed by atoms with Gasteiger partial charge >= 0.3 is 0 Å². The molecule has 2 spiro atoms. The van der Waals surface area contributed by atoms with Crippen molar-refractivity contribution in [1.29, 1.82) is 0 Å². The summed E-state index contributed by atoms with van der Waals surface area (Å²) >= 11 is 0. The van der Waals surface area contributed by atoms with Gasteiger partial charge < -0.3 is 9.64 Å². The molecule has 0 saturated heterocycles. The van der Waals surface area contributed by atoms with Gasteiger partial charge in [0, 0.05) is 28.1 Å². The Morgan fingerprint density at radius 1 is 0.293 bits per heavy atom. The van der Waals surface area contributed by atoms with Crippen molar-refractivity contribution < 1.29 is 4.74 Å². The lowest BCUT2D eigenvalue weighted by Gasteiger charge is -2.39. The van der Waals surface area contributed by atoms with E-state index in [1.54, 1.807) is 0 Å². The minimum atomic E-state index is -0.518. The van der Waals surface area contributed by atoms with Crippen LogP contribution >= 0.6 is 0 Å². The SMILES string of the molecule is c1ccc(N(c2ccc3c(c2)-c2ccccc2C32c3ccccc3Oc3ccccc32)c2cccc3c2-c2ccccc2C32c3ccccc3-c3ccccc32)cc1. The number of anilines is 3. The van der Waals surface area contributed by atoms with Crippen LogP contribution in [0, 0.1) is 0 Å². The number of ether oxygens (including phenoxy) is 1.